The number of aliphatic hydroxyl groups is 1. The summed E-state index contributed by atoms with van der Waals surface area (Å²) >= 11 is 0. The van der Waals surface area contributed by atoms with Crippen LogP contribution in [0.25, 0.3) is 11.3 Å². The molecular weight excluding hydrogens is 789 g/mol. The van der Waals surface area contributed by atoms with Gasteiger partial charge in [-0.15, -0.1) is 0 Å². The second-order valence-corrected chi connectivity index (χ2v) is 14.4. The topological polar surface area (TPSA) is 217 Å². The highest BCUT2D eigenvalue weighted by atomic mass is 19.4. The number of hydrogen-bond acceptors (Lipinski definition) is 9. The van der Waals surface area contributed by atoms with E-state index in [-0.39, 0.29) is 55.5 Å². The Morgan fingerprint density at radius 3 is 2.14 bits per heavy atom. The zero-order valence-corrected chi connectivity index (χ0v) is 32.5. The summed E-state index contributed by atoms with van der Waals surface area (Å²) in [5.74, 6) is -6.29. The molecule has 1 aliphatic heterocycles. The molecule has 0 saturated carbocycles. The van der Waals surface area contributed by atoms with Crippen LogP contribution in [0.2, 0.25) is 0 Å². The van der Waals surface area contributed by atoms with Crippen molar-refractivity contribution in [2.75, 3.05) is 19.7 Å². The van der Waals surface area contributed by atoms with E-state index in [4.69, 9.17) is 20.6 Å². The number of aliphatic hydroxyl groups excluding tert-OH is 1. The summed E-state index contributed by atoms with van der Waals surface area (Å²) in [7, 11) is 0. The van der Waals surface area contributed by atoms with Crippen LogP contribution in [0.5, 0.6) is 0 Å². The maximum absolute atomic E-state index is 15.0. The minimum absolute atomic E-state index is 0.0610. The summed E-state index contributed by atoms with van der Waals surface area (Å²) in [5, 5.41) is 17.1. The van der Waals surface area contributed by atoms with Gasteiger partial charge in [-0.3, -0.25) is 39.7 Å². The number of imidazole rings is 1. The number of unbranched alkanes of at least 4 members (excludes halogenated alkanes) is 2. The van der Waals surface area contributed by atoms with E-state index in [1.54, 1.807) is 10.8 Å². The third kappa shape index (κ3) is 14.1. The average molecular weight is 836 g/mol. The number of aliphatic carboxylic acids is 1. The molecule has 2 aromatic carbocycles. The maximum atomic E-state index is 15.0. The number of hydrogen-bond donors (Lipinski definition) is 5. The number of nitrogens with zero attached hydrogens (tertiary/aromatic N) is 4. The van der Waals surface area contributed by atoms with E-state index in [0.717, 1.165) is 28.7 Å². The van der Waals surface area contributed by atoms with Crippen LogP contribution in [0.1, 0.15) is 70.3 Å². The van der Waals surface area contributed by atoms with Gasteiger partial charge < -0.3 is 25.4 Å². The Bertz CT molecular complexity index is 1980. The van der Waals surface area contributed by atoms with Crippen molar-refractivity contribution in [1.29, 1.82) is 0 Å². The number of amides is 5. The molecule has 0 fully saturated rings. The standard InChI is InChI=1S/C37H45F2N7O6.C2HF3O2/c1-37(2,3)34(35-41-29(26-20-25(38)13-14-27(26)39)22-44(35)21-24-10-6-4-7-11-24)46(33(51)23-47)19-17-28(40)36(52)43-42-30(48)12-8-5-9-18-45-31(49)15-16-32(45)50;3-2(4,5)1(6)7/h4,6-7,10-11,13-16,20,22,28,34,47H,5,8-9,12,17-19,21,23,40H2,1-3H3,(H,42,48)(H,43,52);(H,6,7)/t28-,34?;/m0./s1. The molecule has 2 atom stereocenters. The molecule has 320 valence electrons. The van der Waals surface area contributed by atoms with E-state index >= 15 is 0 Å². The number of nitrogens with two attached hydrogens (primary N) is 1. The smallest absolute Gasteiger partial charge is 0.475 e. The second-order valence-electron chi connectivity index (χ2n) is 14.4. The molecule has 0 aliphatic carbocycles. The minimum atomic E-state index is -5.08. The van der Waals surface area contributed by atoms with Crippen molar-refractivity contribution in [3.8, 4) is 11.3 Å². The molecule has 59 heavy (non-hydrogen) atoms. The molecule has 2 heterocycles. The first kappa shape index (κ1) is 47.4. The van der Waals surface area contributed by atoms with Gasteiger partial charge in [-0.05, 0) is 48.4 Å². The fraction of sp³-hybridized carbons (Fsp3) is 0.410. The number of carbonyl (C=O) groups is 6. The highest BCUT2D eigenvalue weighted by Gasteiger charge is 2.39. The van der Waals surface area contributed by atoms with Crippen molar-refractivity contribution in [1.82, 2.24) is 30.2 Å². The predicted molar refractivity (Wildman–Crippen MR) is 201 cm³/mol. The molecule has 1 aliphatic rings. The zero-order chi connectivity index (χ0) is 44.1. The SMILES string of the molecule is CC(C)(C)C(c1nc(-c2cc(F)ccc2F)cn1Cc1ccccc1)N(CC[C@H](N)C(=O)NNC(=O)CCCCCN1C(=O)C=CC1=O)C(=O)CO.O=C(O)C(F)(F)F. The van der Waals surface area contributed by atoms with Crippen molar-refractivity contribution in [3.05, 3.63) is 89.9 Å². The van der Waals surface area contributed by atoms with E-state index in [0.29, 0.717) is 25.1 Å². The van der Waals surface area contributed by atoms with E-state index < -0.39 is 65.6 Å². The molecule has 5 amide bonds. The lowest BCUT2D eigenvalue weighted by Crippen LogP contribution is -2.51. The molecule has 1 unspecified atom stereocenters. The third-order valence-corrected chi connectivity index (χ3v) is 8.81. The van der Waals surface area contributed by atoms with E-state index in [1.165, 1.54) is 17.1 Å². The molecule has 3 aromatic rings. The van der Waals surface area contributed by atoms with Crippen molar-refractivity contribution >= 4 is 35.5 Å². The lowest BCUT2D eigenvalue weighted by molar-refractivity contribution is -0.192. The van der Waals surface area contributed by atoms with Crippen LogP contribution in [-0.4, -0.2) is 97.0 Å². The molecule has 0 saturated heterocycles. The van der Waals surface area contributed by atoms with Gasteiger partial charge in [0.15, 0.2) is 0 Å². The number of benzene rings is 2. The predicted octanol–water partition coefficient (Wildman–Crippen LogP) is 3.77. The number of imide groups is 1. The van der Waals surface area contributed by atoms with Gasteiger partial charge in [0, 0.05) is 50.0 Å². The van der Waals surface area contributed by atoms with Crippen molar-refractivity contribution in [3.63, 3.8) is 0 Å². The molecule has 1 aromatic heterocycles. The maximum Gasteiger partial charge on any atom is 0.490 e. The van der Waals surface area contributed by atoms with Gasteiger partial charge in [0.25, 0.3) is 17.7 Å². The first-order valence-electron chi connectivity index (χ1n) is 18.3. The molecule has 15 nitrogen and oxygen atoms in total. The zero-order valence-electron chi connectivity index (χ0n) is 32.5. The van der Waals surface area contributed by atoms with Crippen molar-refractivity contribution < 1.29 is 60.9 Å². The van der Waals surface area contributed by atoms with Crippen LogP contribution >= 0.6 is 0 Å². The van der Waals surface area contributed by atoms with Gasteiger partial charge in [0.05, 0.1) is 17.8 Å². The normalized spacial score (nSPS) is 13.7. The fourth-order valence-electron chi connectivity index (χ4n) is 5.94. The van der Waals surface area contributed by atoms with Crippen LogP contribution in [0.4, 0.5) is 22.0 Å². The molecule has 0 bridgehead atoms. The quantitative estimate of drug-likeness (QED) is 0.0609. The first-order valence-corrected chi connectivity index (χ1v) is 18.3. The van der Waals surface area contributed by atoms with Gasteiger partial charge in [0.2, 0.25) is 11.8 Å². The number of carboxylic acids is 1. The third-order valence-electron chi connectivity index (χ3n) is 8.81. The monoisotopic (exact) mass is 835 g/mol. The number of rotatable bonds is 16. The van der Waals surface area contributed by atoms with E-state index in [9.17, 15) is 51.0 Å². The van der Waals surface area contributed by atoms with Gasteiger partial charge in [-0.2, -0.15) is 13.2 Å². The first-order chi connectivity index (χ1) is 27.6. The highest BCUT2D eigenvalue weighted by molar-refractivity contribution is 6.12. The Labute approximate surface area is 336 Å². The van der Waals surface area contributed by atoms with Gasteiger partial charge >= 0.3 is 12.1 Å². The number of alkyl halides is 3. The summed E-state index contributed by atoms with van der Waals surface area (Å²) in [6, 6.07) is 10.5. The largest absolute Gasteiger partial charge is 0.490 e. The number of hydrazine groups is 1. The average Bonchev–Trinajstić information content (AvgIpc) is 3.72. The van der Waals surface area contributed by atoms with Gasteiger partial charge in [0.1, 0.15) is 24.1 Å². The Kier molecular flexibility index (Phi) is 17.0. The number of nitrogens with one attached hydrogen (secondary N) is 2. The van der Waals surface area contributed by atoms with Gasteiger partial charge in [-0.25, -0.2) is 18.6 Å². The molecule has 0 radical (unpaired) electrons. The minimum Gasteiger partial charge on any atom is -0.475 e. The summed E-state index contributed by atoms with van der Waals surface area (Å²) in [5.41, 5.74) is 11.0. The Balaban J connectivity index is 0.00000122. The fourth-order valence-corrected chi connectivity index (χ4v) is 5.94. The summed E-state index contributed by atoms with van der Waals surface area (Å²) in [4.78, 5) is 77.9. The highest BCUT2D eigenvalue weighted by Crippen LogP contribution is 2.39. The van der Waals surface area contributed by atoms with Crippen molar-refractivity contribution in [2.45, 2.75) is 77.7 Å². The van der Waals surface area contributed by atoms with Crippen LogP contribution in [0.3, 0.4) is 0 Å². The Morgan fingerprint density at radius 1 is 0.932 bits per heavy atom. The second kappa shape index (κ2) is 21.1. The number of carbonyl (C=O) groups excluding carboxylic acids is 5. The molecule has 4 rings (SSSR count). The van der Waals surface area contributed by atoms with Crippen LogP contribution < -0.4 is 16.6 Å². The molecule has 0 spiro atoms. The van der Waals surface area contributed by atoms with E-state index in [1.807, 2.05) is 51.1 Å². The molecule has 20 heteroatoms. The lowest BCUT2D eigenvalue weighted by Gasteiger charge is -2.40. The number of aromatic nitrogens is 2. The number of halogens is 5. The van der Waals surface area contributed by atoms with Crippen LogP contribution in [0, 0.1) is 17.0 Å². The molecular formula is C39H46F5N7O8. The summed E-state index contributed by atoms with van der Waals surface area (Å²) < 4.78 is 62.7. The van der Waals surface area contributed by atoms with Crippen LogP contribution in [0.15, 0.2) is 66.9 Å². The van der Waals surface area contributed by atoms with Gasteiger partial charge in [-0.1, -0.05) is 57.5 Å². The van der Waals surface area contributed by atoms with Crippen LogP contribution in [-0.2, 0) is 35.3 Å². The Morgan fingerprint density at radius 2 is 1.56 bits per heavy atom. The Hall–Kier alpha value is -6.02. The molecule has 6 N–H and O–H groups in total. The lowest BCUT2D eigenvalue weighted by atomic mass is 9.84. The summed E-state index contributed by atoms with van der Waals surface area (Å²) in [6.45, 7) is 5.19. The summed E-state index contributed by atoms with van der Waals surface area (Å²) in [6.07, 6.45) is 0.512. The van der Waals surface area contributed by atoms with Crippen molar-refractivity contribution in [2.24, 2.45) is 11.1 Å². The van der Waals surface area contributed by atoms with E-state index in [2.05, 4.69) is 10.9 Å². The number of carboxylic acid groups (broad SMARTS) is 1.